The summed E-state index contributed by atoms with van der Waals surface area (Å²) in [5.74, 6) is -1.16. The van der Waals surface area contributed by atoms with E-state index in [1.54, 1.807) is 31.2 Å². The molecule has 3 N–H and O–H groups in total. The van der Waals surface area contributed by atoms with Gasteiger partial charge in [-0.3, -0.25) is 9.59 Å². The maximum absolute atomic E-state index is 12.4. The standard InChI is InChI=1S/C16H23N3O4S/c1-2-24(22,23)19-10-8-13(9-11-19)16(21)18-14(15(17)20)12-6-4-3-5-7-12/h3-7,13-14H,2,8-11H2,1H3,(H2,17,20)(H,18,21). The van der Waals surface area contributed by atoms with E-state index in [-0.39, 0.29) is 17.6 Å². The summed E-state index contributed by atoms with van der Waals surface area (Å²) in [6.45, 7) is 2.24. The second-order valence-electron chi connectivity index (χ2n) is 5.83. The Bertz CT molecular complexity index is 683. The zero-order chi connectivity index (χ0) is 17.7. The van der Waals surface area contributed by atoms with Crippen LogP contribution in [0.25, 0.3) is 0 Å². The minimum absolute atomic E-state index is 0.0572. The summed E-state index contributed by atoms with van der Waals surface area (Å²) in [6, 6.07) is 7.93. The van der Waals surface area contributed by atoms with Gasteiger partial charge >= 0.3 is 0 Å². The third-order valence-electron chi connectivity index (χ3n) is 4.29. The first kappa shape index (κ1) is 18.4. The molecule has 0 radical (unpaired) electrons. The Morgan fingerprint density at radius 3 is 2.33 bits per heavy atom. The van der Waals surface area contributed by atoms with E-state index >= 15 is 0 Å². The molecule has 1 heterocycles. The van der Waals surface area contributed by atoms with Crippen molar-refractivity contribution in [1.82, 2.24) is 9.62 Å². The van der Waals surface area contributed by atoms with Gasteiger partial charge in [-0.1, -0.05) is 30.3 Å². The average molecular weight is 353 g/mol. The van der Waals surface area contributed by atoms with E-state index in [2.05, 4.69) is 5.32 Å². The molecule has 7 nitrogen and oxygen atoms in total. The lowest BCUT2D eigenvalue weighted by atomic mass is 9.96. The lowest BCUT2D eigenvalue weighted by molar-refractivity contribution is -0.130. The highest BCUT2D eigenvalue weighted by atomic mass is 32.2. The first-order chi connectivity index (χ1) is 11.3. The van der Waals surface area contributed by atoms with E-state index in [0.29, 0.717) is 31.5 Å². The van der Waals surface area contributed by atoms with Gasteiger partial charge < -0.3 is 11.1 Å². The quantitative estimate of drug-likeness (QED) is 0.771. The largest absolute Gasteiger partial charge is 0.368 e. The van der Waals surface area contributed by atoms with Crippen LogP contribution >= 0.6 is 0 Å². The maximum atomic E-state index is 12.4. The number of amides is 2. The highest BCUT2D eigenvalue weighted by molar-refractivity contribution is 7.89. The van der Waals surface area contributed by atoms with Crippen LogP contribution in [0.3, 0.4) is 0 Å². The molecule has 0 saturated carbocycles. The molecule has 1 aromatic carbocycles. The Labute approximate surface area is 142 Å². The molecule has 8 heteroatoms. The number of carbonyl (C=O) groups excluding carboxylic acids is 2. The van der Waals surface area contributed by atoms with Crippen LogP contribution in [-0.2, 0) is 19.6 Å². The van der Waals surface area contributed by atoms with E-state index in [1.165, 1.54) is 4.31 Å². The molecular weight excluding hydrogens is 330 g/mol. The van der Waals surface area contributed by atoms with Crippen LogP contribution in [-0.4, -0.2) is 43.4 Å². The van der Waals surface area contributed by atoms with E-state index in [1.807, 2.05) is 6.07 Å². The number of nitrogens with zero attached hydrogens (tertiary/aromatic N) is 1. The summed E-state index contributed by atoms with van der Waals surface area (Å²) in [5.41, 5.74) is 6.03. The summed E-state index contributed by atoms with van der Waals surface area (Å²) in [5, 5.41) is 2.69. The topological polar surface area (TPSA) is 110 Å². The lowest BCUT2D eigenvalue weighted by Gasteiger charge is -2.31. The number of nitrogens with two attached hydrogens (primary N) is 1. The zero-order valence-corrected chi connectivity index (χ0v) is 14.5. The van der Waals surface area contributed by atoms with Crippen LogP contribution in [0.15, 0.2) is 30.3 Å². The molecule has 1 aromatic rings. The van der Waals surface area contributed by atoms with Crippen molar-refractivity contribution >= 4 is 21.8 Å². The molecular formula is C16H23N3O4S. The molecule has 1 fully saturated rings. The minimum Gasteiger partial charge on any atom is -0.368 e. The number of hydrogen-bond acceptors (Lipinski definition) is 4. The fourth-order valence-electron chi connectivity index (χ4n) is 2.80. The second kappa shape index (κ2) is 7.76. The van der Waals surface area contributed by atoms with E-state index in [0.717, 1.165) is 0 Å². The average Bonchev–Trinajstić information content (AvgIpc) is 2.60. The third kappa shape index (κ3) is 4.33. The van der Waals surface area contributed by atoms with Crippen molar-refractivity contribution in [2.75, 3.05) is 18.8 Å². The first-order valence-electron chi connectivity index (χ1n) is 7.97. The number of benzene rings is 1. The SMILES string of the molecule is CCS(=O)(=O)N1CCC(C(=O)NC(C(N)=O)c2ccccc2)CC1. The van der Waals surface area contributed by atoms with Gasteiger partial charge in [0.2, 0.25) is 21.8 Å². The zero-order valence-electron chi connectivity index (χ0n) is 13.6. The number of primary amides is 1. The first-order valence-corrected chi connectivity index (χ1v) is 9.58. The molecule has 0 bridgehead atoms. The number of carbonyl (C=O) groups is 2. The van der Waals surface area contributed by atoms with Gasteiger partial charge in [-0.25, -0.2) is 12.7 Å². The highest BCUT2D eigenvalue weighted by Gasteiger charge is 2.31. The second-order valence-corrected chi connectivity index (χ2v) is 8.09. The van der Waals surface area contributed by atoms with E-state index in [9.17, 15) is 18.0 Å². The minimum atomic E-state index is -3.22. The monoisotopic (exact) mass is 353 g/mol. The number of rotatable bonds is 6. The van der Waals surface area contributed by atoms with Crippen molar-refractivity contribution in [1.29, 1.82) is 0 Å². The number of nitrogens with one attached hydrogen (secondary N) is 1. The van der Waals surface area contributed by atoms with Crippen LogP contribution in [0.4, 0.5) is 0 Å². The van der Waals surface area contributed by atoms with Crippen LogP contribution in [0.1, 0.15) is 31.4 Å². The predicted molar refractivity (Wildman–Crippen MR) is 90.3 cm³/mol. The lowest BCUT2D eigenvalue weighted by Crippen LogP contribution is -2.45. The Hall–Kier alpha value is -1.93. The summed E-state index contributed by atoms with van der Waals surface area (Å²) >= 11 is 0. The van der Waals surface area contributed by atoms with Crippen molar-refractivity contribution < 1.29 is 18.0 Å². The van der Waals surface area contributed by atoms with Crippen molar-refractivity contribution in [3.8, 4) is 0 Å². The molecule has 1 aliphatic heterocycles. The molecule has 24 heavy (non-hydrogen) atoms. The van der Waals surface area contributed by atoms with Gasteiger partial charge in [0.05, 0.1) is 5.75 Å². The summed E-state index contributed by atoms with van der Waals surface area (Å²) in [6.07, 6.45) is 0.872. The van der Waals surface area contributed by atoms with Crippen LogP contribution in [0, 0.1) is 5.92 Å². The number of hydrogen-bond donors (Lipinski definition) is 2. The summed E-state index contributed by atoms with van der Waals surface area (Å²) < 4.78 is 25.1. The molecule has 0 aromatic heterocycles. The number of piperidine rings is 1. The molecule has 1 unspecified atom stereocenters. The van der Waals surface area contributed by atoms with Gasteiger partial charge in [0.25, 0.3) is 0 Å². The van der Waals surface area contributed by atoms with Crippen molar-refractivity contribution in [3.05, 3.63) is 35.9 Å². The molecule has 2 amide bonds. The molecule has 2 rings (SSSR count). The maximum Gasteiger partial charge on any atom is 0.244 e. The smallest absolute Gasteiger partial charge is 0.244 e. The Balaban J connectivity index is 1.99. The van der Waals surface area contributed by atoms with Gasteiger partial charge in [-0.05, 0) is 25.3 Å². The molecule has 0 spiro atoms. The van der Waals surface area contributed by atoms with Gasteiger partial charge in [0.1, 0.15) is 6.04 Å². The van der Waals surface area contributed by atoms with Gasteiger partial charge in [0, 0.05) is 19.0 Å². The van der Waals surface area contributed by atoms with Gasteiger partial charge in [-0.2, -0.15) is 0 Å². The van der Waals surface area contributed by atoms with Crippen LogP contribution < -0.4 is 11.1 Å². The fourth-order valence-corrected chi connectivity index (χ4v) is 3.94. The molecule has 0 aliphatic carbocycles. The van der Waals surface area contributed by atoms with E-state index < -0.39 is 22.0 Å². The molecule has 1 saturated heterocycles. The Kier molecular flexibility index (Phi) is 5.95. The van der Waals surface area contributed by atoms with Gasteiger partial charge in [-0.15, -0.1) is 0 Å². The van der Waals surface area contributed by atoms with E-state index in [4.69, 9.17) is 5.73 Å². The predicted octanol–water partition coefficient (Wildman–Crippen LogP) is 0.391. The molecule has 1 atom stereocenters. The normalized spacial score (nSPS) is 18.0. The van der Waals surface area contributed by atoms with Crippen molar-refractivity contribution in [2.24, 2.45) is 11.7 Å². The molecule has 132 valence electrons. The molecule has 1 aliphatic rings. The van der Waals surface area contributed by atoms with Crippen molar-refractivity contribution in [3.63, 3.8) is 0 Å². The Morgan fingerprint density at radius 1 is 1.25 bits per heavy atom. The fraction of sp³-hybridized carbons (Fsp3) is 0.500. The summed E-state index contributed by atoms with van der Waals surface area (Å²) in [4.78, 5) is 24.1. The number of sulfonamides is 1. The van der Waals surface area contributed by atoms with Crippen molar-refractivity contribution in [2.45, 2.75) is 25.8 Å². The third-order valence-corrected chi connectivity index (χ3v) is 6.17. The van der Waals surface area contributed by atoms with Crippen LogP contribution in [0.2, 0.25) is 0 Å². The Morgan fingerprint density at radius 2 is 1.83 bits per heavy atom. The summed E-state index contributed by atoms with van der Waals surface area (Å²) in [7, 11) is -3.22. The highest BCUT2D eigenvalue weighted by Crippen LogP contribution is 2.21. The van der Waals surface area contributed by atoms with Crippen LogP contribution in [0.5, 0.6) is 0 Å². The van der Waals surface area contributed by atoms with Gasteiger partial charge in [0.15, 0.2) is 0 Å².